The second-order valence-electron chi connectivity index (χ2n) is 8.93. The lowest BCUT2D eigenvalue weighted by atomic mass is 10.0. The molecule has 0 bridgehead atoms. The van der Waals surface area contributed by atoms with Gasteiger partial charge in [0.2, 0.25) is 5.91 Å². The van der Waals surface area contributed by atoms with E-state index < -0.39 is 15.8 Å². The zero-order valence-electron chi connectivity index (χ0n) is 20.5. The molecule has 4 rings (SSSR count). The summed E-state index contributed by atoms with van der Waals surface area (Å²) < 4.78 is 30.1. The second kappa shape index (κ2) is 11.4. The highest BCUT2D eigenvalue weighted by molar-refractivity contribution is 7.91. The summed E-state index contributed by atoms with van der Waals surface area (Å²) in [4.78, 5) is 28.9. The summed E-state index contributed by atoms with van der Waals surface area (Å²) in [5, 5.41) is 3.32. The van der Waals surface area contributed by atoms with Crippen LogP contribution in [0.1, 0.15) is 44.8 Å². The largest absolute Gasteiger partial charge is 0.465 e. The van der Waals surface area contributed by atoms with Gasteiger partial charge in [0, 0.05) is 30.9 Å². The van der Waals surface area contributed by atoms with Crippen molar-refractivity contribution in [2.45, 2.75) is 44.2 Å². The average Bonchev–Trinajstić information content (AvgIpc) is 3.21. The molecule has 1 amide bonds. The fourth-order valence-electron chi connectivity index (χ4n) is 4.31. The second-order valence-corrected chi connectivity index (χ2v) is 12.1. The quantitative estimate of drug-likeness (QED) is 0.410. The number of aryl methyl sites for hydroxylation is 1. The highest BCUT2D eigenvalue weighted by atomic mass is 32.2. The Bertz CT molecular complexity index is 1330. The SMILES string of the molecule is COC(=O)c1c(NC(=O)CCCS(=O)(=O)c2ccc(C)cc2)sc2c1CCN(Cc1ccccc1)C2. The first kappa shape index (κ1) is 26.1. The van der Waals surface area contributed by atoms with Gasteiger partial charge in [-0.2, -0.15) is 0 Å². The summed E-state index contributed by atoms with van der Waals surface area (Å²) in [5.41, 5.74) is 3.54. The average molecular weight is 527 g/mol. The summed E-state index contributed by atoms with van der Waals surface area (Å²) in [6.45, 7) is 4.19. The summed E-state index contributed by atoms with van der Waals surface area (Å²) in [6, 6.07) is 16.9. The number of fused-ring (bicyclic) bond motifs is 1. The number of ether oxygens (including phenoxy) is 1. The monoisotopic (exact) mass is 526 g/mol. The molecule has 0 aliphatic carbocycles. The molecule has 2 aromatic carbocycles. The Morgan fingerprint density at radius 1 is 1.08 bits per heavy atom. The van der Waals surface area contributed by atoms with Crippen molar-refractivity contribution in [3.63, 3.8) is 0 Å². The summed E-state index contributed by atoms with van der Waals surface area (Å²) in [7, 11) is -2.13. The number of hydrogen-bond acceptors (Lipinski definition) is 7. The molecule has 0 unspecified atom stereocenters. The van der Waals surface area contributed by atoms with Crippen LogP contribution in [0.25, 0.3) is 0 Å². The minimum Gasteiger partial charge on any atom is -0.465 e. The first-order valence-corrected chi connectivity index (χ1v) is 14.3. The van der Waals surface area contributed by atoms with Gasteiger partial charge >= 0.3 is 5.97 Å². The van der Waals surface area contributed by atoms with Gasteiger partial charge in [-0.1, -0.05) is 48.0 Å². The van der Waals surface area contributed by atoms with Gasteiger partial charge in [-0.15, -0.1) is 11.3 Å². The van der Waals surface area contributed by atoms with E-state index in [-0.39, 0.29) is 29.4 Å². The van der Waals surface area contributed by atoms with Gasteiger partial charge in [0.25, 0.3) is 0 Å². The van der Waals surface area contributed by atoms with E-state index in [1.54, 1.807) is 24.3 Å². The van der Waals surface area contributed by atoms with E-state index in [4.69, 9.17) is 4.74 Å². The third-order valence-corrected chi connectivity index (χ3v) is 9.17. The highest BCUT2D eigenvalue weighted by Gasteiger charge is 2.29. The van der Waals surface area contributed by atoms with E-state index in [1.165, 1.54) is 24.0 Å². The Balaban J connectivity index is 1.41. The lowest BCUT2D eigenvalue weighted by Gasteiger charge is -2.27. The molecule has 1 N–H and O–H groups in total. The topological polar surface area (TPSA) is 92.8 Å². The Labute approximate surface area is 216 Å². The van der Waals surface area contributed by atoms with Gasteiger partial charge in [-0.25, -0.2) is 13.2 Å². The highest BCUT2D eigenvalue weighted by Crippen LogP contribution is 2.38. The molecule has 3 aromatic rings. The number of hydrogen-bond donors (Lipinski definition) is 1. The van der Waals surface area contributed by atoms with Crippen molar-refractivity contribution < 1.29 is 22.7 Å². The molecule has 1 aliphatic rings. The van der Waals surface area contributed by atoms with Gasteiger partial charge in [0.1, 0.15) is 5.00 Å². The number of sulfone groups is 1. The maximum atomic E-state index is 12.7. The molecule has 0 spiro atoms. The van der Waals surface area contributed by atoms with Crippen molar-refractivity contribution in [1.82, 2.24) is 4.90 Å². The van der Waals surface area contributed by atoms with E-state index >= 15 is 0 Å². The Hall–Kier alpha value is -3.01. The summed E-state index contributed by atoms with van der Waals surface area (Å²) in [5.74, 6) is -0.914. The van der Waals surface area contributed by atoms with Crippen LogP contribution in [0.2, 0.25) is 0 Å². The molecule has 190 valence electrons. The Morgan fingerprint density at radius 2 is 1.81 bits per heavy atom. The Kier molecular flexibility index (Phi) is 8.23. The van der Waals surface area contributed by atoms with Crippen molar-refractivity contribution in [3.8, 4) is 0 Å². The molecule has 0 saturated heterocycles. The minimum atomic E-state index is -3.46. The van der Waals surface area contributed by atoms with Crippen LogP contribution in [0, 0.1) is 6.92 Å². The molecule has 0 saturated carbocycles. The van der Waals surface area contributed by atoms with Crippen LogP contribution >= 0.6 is 11.3 Å². The number of benzene rings is 2. The number of nitrogens with one attached hydrogen (secondary N) is 1. The first-order chi connectivity index (χ1) is 17.3. The zero-order valence-corrected chi connectivity index (χ0v) is 22.1. The first-order valence-electron chi connectivity index (χ1n) is 11.8. The van der Waals surface area contributed by atoms with Crippen molar-refractivity contribution in [2.75, 3.05) is 24.7 Å². The van der Waals surface area contributed by atoms with Gasteiger partial charge in [-0.3, -0.25) is 9.69 Å². The number of amides is 1. The van der Waals surface area contributed by atoms with E-state index in [1.807, 2.05) is 25.1 Å². The molecule has 9 heteroatoms. The molecular formula is C27H30N2O5S2. The molecule has 0 radical (unpaired) electrons. The van der Waals surface area contributed by atoms with Crippen LogP contribution < -0.4 is 5.32 Å². The molecule has 2 heterocycles. The van der Waals surface area contributed by atoms with Crippen LogP contribution in [0.5, 0.6) is 0 Å². The maximum Gasteiger partial charge on any atom is 0.341 e. The Morgan fingerprint density at radius 3 is 2.50 bits per heavy atom. The summed E-state index contributed by atoms with van der Waals surface area (Å²) >= 11 is 1.39. The van der Waals surface area contributed by atoms with Crippen LogP contribution in [0.3, 0.4) is 0 Å². The van der Waals surface area contributed by atoms with Crippen molar-refractivity contribution in [3.05, 3.63) is 81.7 Å². The van der Waals surface area contributed by atoms with Gasteiger partial charge in [0.05, 0.1) is 23.3 Å². The smallest absolute Gasteiger partial charge is 0.341 e. The number of anilines is 1. The van der Waals surface area contributed by atoms with Crippen molar-refractivity contribution in [2.24, 2.45) is 0 Å². The molecular weight excluding hydrogens is 496 g/mol. The van der Waals surface area contributed by atoms with Gasteiger partial charge in [0.15, 0.2) is 9.84 Å². The number of thiophene rings is 1. The third-order valence-electron chi connectivity index (χ3n) is 6.22. The fourth-order valence-corrected chi connectivity index (χ4v) is 6.92. The molecule has 1 aliphatic heterocycles. The summed E-state index contributed by atoms with van der Waals surface area (Å²) in [6.07, 6.45) is 0.910. The number of nitrogens with zero attached hydrogens (tertiary/aromatic N) is 1. The van der Waals surface area contributed by atoms with Crippen molar-refractivity contribution >= 4 is 38.1 Å². The van der Waals surface area contributed by atoms with Crippen molar-refractivity contribution in [1.29, 1.82) is 0 Å². The number of methoxy groups -OCH3 is 1. The zero-order chi connectivity index (χ0) is 25.7. The van der Waals surface area contributed by atoms with E-state index in [0.29, 0.717) is 23.5 Å². The maximum absolute atomic E-state index is 12.7. The fraction of sp³-hybridized carbons (Fsp3) is 0.333. The van der Waals surface area contributed by atoms with Crippen LogP contribution in [0.15, 0.2) is 59.5 Å². The van der Waals surface area contributed by atoms with Crippen LogP contribution in [0.4, 0.5) is 5.00 Å². The molecule has 0 atom stereocenters. The molecule has 1 aromatic heterocycles. The van der Waals surface area contributed by atoms with Gasteiger partial charge in [-0.05, 0) is 43.0 Å². The lowest BCUT2D eigenvalue weighted by molar-refractivity contribution is -0.116. The molecule has 7 nitrogen and oxygen atoms in total. The molecule has 0 fully saturated rings. The van der Waals surface area contributed by atoms with Crippen LogP contribution in [-0.4, -0.2) is 44.6 Å². The third kappa shape index (κ3) is 6.21. The number of rotatable bonds is 9. The number of carbonyl (C=O) groups is 2. The number of esters is 1. The normalized spacial score (nSPS) is 13.7. The number of carbonyl (C=O) groups excluding carboxylic acids is 2. The van der Waals surface area contributed by atoms with E-state index in [9.17, 15) is 18.0 Å². The van der Waals surface area contributed by atoms with E-state index in [2.05, 4.69) is 22.3 Å². The standard InChI is InChI=1S/C27H30N2O5S2/c1-19-10-12-21(13-11-19)36(32,33)16-6-9-24(30)28-26-25(27(31)34-2)22-14-15-29(18-23(22)35-26)17-20-7-4-3-5-8-20/h3-5,7-8,10-13H,6,9,14-18H2,1-2H3,(H,28,30). The predicted octanol–water partition coefficient (Wildman–Crippen LogP) is 4.59. The van der Waals surface area contributed by atoms with Crippen LogP contribution in [-0.2, 0) is 38.9 Å². The predicted molar refractivity (Wildman–Crippen MR) is 141 cm³/mol. The van der Waals surface area contributed by atoms with E-state index in [0.717, 1.165) is 29.1 Å². The molecule has 36 heavy (non-hydrogen) atoms. The minimum absolute atomic E-state index is 0.0361. The lowest BCUT2D eigenvalue weighted by Crippen LogP contribution is -2.29. The van der Waals surface area contributed by atoms with Gasteiger partial charge < -0.3 is 10.1 Å².